The molecular weight excluding hydrogens is 278 g/mol. The van der Waals surface area contributed by atoms with Crippen molar-refractivity contribution in [3.63, 3.8) is 0 Å². The first-order valence-electron chi connectivity index (χ1n) is 7.69. The molecule has 0 saturated carbocycles. The van der Waals surface area contributed by atoms with Gasteiger partial charge in [0.2, 0.25) is 10.0 Å². The van der Waals surface area contributed by atoms with E-state index in [-0.39, 0.29) is 5.25 Å². The summed E-state index contributed by atoms with van der Waals surface area (Å²) in [4.78, 5) is 2.43. The standard InChI is InChI=1S/C13H25N3O3S/c17-20(18,13-2-1-9-19-11-13)16-6-3-12(10-16)15-7-4-14-5-8-15/h12-14H,1-11H2. The van der Waals surface area contributed by atoms with Gasteiger partial charge in [0, 0.05) is 51.9 Å². The number of piperazine rings is 1. The molecule has 0 amide bonds. The zero-order valence-corrected chi connectivity index (χ0v) is 12.8. The molecule has 0 bridgehead atoms. The van der Waals surface area contributed by atoms with E-state index in [1.807, 2.05) is 0 Å². The molecule has 3 aliphatic heterocycles. The minimum atomic E-state index is -3.17. The average Bonchev–Trinajstić information content (AvgIpc) is 3.00. The second-order valence-electron chi connectivity index (χ2n) is 5.97. The fraction of sp³-hybridized carbons (Fsp3) is 1.00. The minimum Gasteiger partial charge on any atom is -0.380 e. The highest BCUT2D eigenvalue weighted by Gasteiger charge is 2.39. The Kier molecular flexibility index (Phi) is 4.62. The first-order chi connectivity index (χ1) is 9.68. The van der Waals surface area contributed by atoms with E-state index in [0.29, 0.717) is 32.3 Å². The van der Waals surface area contributed by atoms with E-state index in [4.69, 9.17) is 4.74 Å². The van der Waals surface area contributed by atoms with Crippen molar-refractivity contribution in [2.75, 3.05) is 52.5 Å². The van der Waals surface area contributed by atoms with Crippen LogP contribution in [0.25, 0.3) is 0 Å². The summed E-state index contributed by atoms with van der Waals surface area (Å²) in [5.74, 6) is 0. The van der Waals surface area contributed by atoms with Crippen molar-refractivity contribution in [1.29, 1.82) is 0 Å². The van der Waals surface area contributed by atoms with Gasteiger partial charge in [-0.05, 0) is 19.3 Å². The molecule has 3 fully saturated rings. The average molecular weight is 303 g/mol. The number of rotatable bonds is 3. The van der Waals surface area contributed by atoms with Crippen molar-refractivity contribution < 1.29 is 13.2 Å². The highest BCUT2D eigenvalue weighted by Crippen LogP contribution is 2.24. The summed E-state index contributed by atoms with van der Waals surface area (Å²) in [6.45, 7) is 6.51. The van der Waals surface area contributed by atoms with Crippen LogP contribution in [0.2, 0.25) is 0 Å². The summed E-state index contributed by atoms with van der Waals surface area (Å²) < 4.78 is 32.3. The van der Waals surface area contributed by atoms with Gasteiger partial charge in [-0.15, -0.1) is 0 Å². The molecule has 3 saturated heterocycles. The molecule has 0 aromatic heterocycles. The molecule has 6 nitrogen and oxygen atoms in total. The van der Waals surface area contributed by atoms with Crippen molar-refractivity contribution in [1.82, 2.24) is 14.5 Å². The van der Waals surface area contributed by atoms with Crippen LogP contribution in [0.1, 0.15) is 19.3 Å². The molecule has 3 aliphatic rings. The van der Waals surface area contributed by atoms with E-state index in [2.05, 4.69) is 10.2 Å². The van der Waals surface area contributed by atoms with E-state index in [9.17, 15) is 8.42 Å². The van der Waals surface area contributed by atoms with Gasteiger partial charge in [0.05, 0.1) is 11.9 Å². The van der Waals surface area contributed by atoms with Gasteiger partial charge >= 0.3 is 0 Å². The lowest BCUT2D eigenvalue weighted by Crippen LogP contribution is -2.50. The number of hydrogen-bond acceptors (Lipinski definition) is 5. The lowest BCUT2D eigenvalue weighted by atomic mass is 10.2. The number of nitrogens with one attached hydrogen (secondary N) is 1. The topological polar surface area (TPSA) is 61.9 Å². The number of nitrogens with zero attached hydrogens (tertiary/aromatic N) is 2. The predicted molar refractivity (Wildman–Crippen MR) is 77.2 cm³/mol. The van der Waals surface area contributed by atoms with Crippen LogP contribution in [0.3, 0.4) is 0 Å². The van der Waals surface area contributed by atoms with Gasteiger partial charge in [-0.3, -0.25) is 4.90 Å². The van der Waals surface area contributed by atoms with Crippen molar-refractivity contribution in [2.45, 2.75) is 30.6 Å². The highest BCUT2D eigenvalue weighted by atomic mass is 32.2. The lowest BCUT2D eigenvalue weighted by Gasteiger charge is -2.33. The molecule has 2 atom stereocenters. The molecule has 3 rings (SSSR count). The zero-order valence-electron chi connectivity index (χ0n) is 12.0. The third kappa shape index (κ3) is 3.01. The number of ether oxygens (including phenoxy) is 1. The Bertz CT molecular complexity index is 417. The van der Waals surface area contributed by atoms with Gasteiger partial charge in [-0.25, -0.2) is 8.42 Å². The SMILES string of the molecule is O=S(=O)(C1CCCOC1)N1CCC(N2CCNCC2)C1. The quantitative estimate of drug-likeness (QED) is 0.760. The fourth-order valence-corrected chi connectivity index (χ4v) is 5.34. The van der Waals surface area contributed by atoms with Crippen LogP contribution in [0, 0.1) is 0 Å². The summed E-state index contributed by atoms with van der Waals surface area (Å²) in [6.07, 6.45) is 2.57. The summed E-state index contributed by atoms with van der Waals surface area (Å²) in [6, 6.07) is 0.399. The first-order valence-corrected chi connectivity index (χ1v) is 9.20. The molecular formula is C13H25N3O3S. The molecule has 3 heterocycles. The Morgan fingerprint density at radius 1 is 1.10 bits per heavy atom. The van der Waals surface area contributed by atoms with E-state index >= 15 is 0 Å². The Morgan fingerprint density at radius 3 is 2.60 bits per heavy atom. The first kappa shape index (κ1) is 14.7. The largest absolute Gasteiger partial charge is 0.380 e. The smallest absolute Gasteiger partial charge is 0.219 e. The lowest BCUT2D eigenvalue weighted by molar-refractivity contribution is 0.0975. The Morgan fingerprint density at radius 2 is 1.90 bits per heavy atom. The zero-order chi connectivity index (χ0) is 14.0. The van der Waals surface area contributed by atoms with Gasteiger partial charge in [0.15, 0.2) is 0 Å². The van der Waals surface area contributed by atoms with Gasteiger partial charge in [-0.2, -0.15) is 4.31 Å². The fourth-order valence-electron chi connectivity index (χ4n) is 3.44. The number of sulfonamides is 1. The molecule has 1 N–H and O–H groups in total. The maximum atomic E-state index is 12.6. The number of hydrogen-bond donors (Lipinski definition) is 1. The third-order valence-electron chi connectivity index (χ3n) is 4.69. The second kappa shape index (κ2) is 6.27. The predicted octanol–water partition coefficient (Wildman–Crippen LogP) is -0.525. The van der Waals surface area contributed by atoms with Crippen molar-refractivity contribution in [3.05, 3.63) is 0 Å². The molecule has 0 spiro atoms. The monoisotopic (exact) mass is 303 g/mol. The van der Waals surface area contributed by atoms with Crippen LogP contribution in [-0.4, -0.2) is 81.4 Å². The highest BCUT2D eigenvalue weighted by molar-refractivity contribution is 7.89. The molecule has 2 unspecified atom stereocenters. The third-order valence-corrected chi connectivity index (χ3v) is 6.96. The van der Waals surface area contributed by atoms with Crippen molar-refractivity contribution in [2.24, 2.45) is 0 Å². The summed E-state index contributed by atoms with van der Waals surface area (Å²) in [5.41, 5.74) is 0. The van der Waals surface area contributed by atoms with Gasteiger partial charge in [-0.1, -0.05) is 0 Å². The molecule has 7 heteroatoms. The Hall–Kier alpha value is -0.210. The van der Waals surface area contributed by atoms with E-state index in [0.717, 1.165) is 45.4 Å². The normalized spacial score (nSPS) is 34.4. The van der Waals surface area contributed by atoms with Crippen molar-refractivity contribution in [3.8, 4) is 0 Å². The Balaban J connectivity index is 1.60. The van der Waals surface area contributed by atoms with Gasteiger partial charge in [0.25, 0.3) is 0 Å². The van der Waals surface area contributed by atoms with Crippen LogP contribution < -0.4 is 5.32 Å². The van der Waals surface area contributed by atoms with Crippen LogP contribution >= 0.6 is 0 Å². The molecule has 0 radical (unpaired) electrons. The molecule has 0 aromatic rings. The molecule has 20 heavy (non-hydrogen) atoms. The van der Waals surface area contributed by atoms with E-state index in [1.165, 1.54) is 0 Å². The van der Waals surface area contributed by atoms with Crippen LogP contribution in [0.5, 0.6) is 0 Å². The second-order valence-corrected chi connectivity index (χ2v) is 8.18. The van der Waals surface area contributed by atoms with Crippen LogP contribution in [0.4, 0.5) is 0 Å². The Labute approximate surface area is 121 Å². The van der Waals surface area contributed by atoms with Crippen LogP contribution in [-0.2, 0) is 14.8 Å². The summed E-state index contributed by atoms with van der Waals surface area (Å²) >= 11 is 0. The van der Waals surface area contributed by atoms with E-state index in [1.54, 1.807) is 4.31 Å². The van der Waals surface area contributed by atoms with Crippen LogP contribution in [0.15, 0.2) is 0 Å². The maximum absolute atomic E-state index is 12.6. The molecule has 0 aromatic carbocycles. The minimum absolute atomic E-state index is 0.321. The summed E-state index contributed by atoms with van der Waals surface area (Å²) in [7, 11) is -3.17. The molecule has 0 aliphatic carbocycles. The van der Waals surface area contributed by atoms with Gasteiger partial charge in [0.1, 0.15) is 0 Å². The summed E-state index contributed by atoms with van der Waals surface area (Å²) in [5, 5.41) is 3.02. The maximum Gasteiger partial charge on any atom is 0.219 e. The van der Waals surface area contributed by atoms with Crippen molar-refractivity contribution >= 4 is 10.0 Å². The van der Waals surface area contributed by atoms with E-state index < -0.39 is 10.0 Å². The molecule has 116 valence electrons. The van der Waals surface area contributed by atoms with Gasteiger partial charge < -0.3 is 10.1 Å².